The van der Waals surface area contributed by atoms with Crippen LogP contribution in [-0.4, -0.2) is 12.6 Å². The van der Waals surface area contributed by atoms with Crippen LogP contribution in [-0.2, 0) is 4.79 Å². The summed E-state index contributed by atoms with van der Waals surface area (Å²) in [6.45, 7) is 0.655. The van der Waals surface area contributed by atoms with Crippen LogP contribution in [0.3, 0.4) is 0 Å². The number of isocyanates is 1. The first-order valence-electron chi connectivity index (χ1n) is 4.12. The SMILES string of the molecule is O=C=NCCC1CC=CCC1. The Morgan fingerprint density at radius 1 is 1.55 bits per heavy atom. The minimum absolute atomic E-state index is 0.655. The van der Waals surface area contributed by atoms with Crippen LogP contribution in [0, 0.1) is 5.92 Å². The summed E-state index contributed by atoms with van der Waals surface area (Å²) in [5.74, 6) is 0.747. The van der Waals surface area contributed by atoms with Gasteiger partial charge in [-0.15, -0.1) is 0 Å². The van der Waals surface area contributed by atoms with Crippen LogP contribution in [0.4, 0.5) is 0 Å². The van der Waals surface area contributed by atoms with Crippen LogP contribution in [0.25, 0.3) is 0 Å². The van der Waals surface area contributed by atoms with Crippen molar-refractivity contribution in [3.63, 3.8) is 0 Å². The predicted molar refractivity (Wildman–Crippen MR) is 44.1 cm³/mol. The van der Waals surface area contributed by atoms with Crippen molar-refractivity contribution in [2.45, 2.75) is 25.7 Å². The second kappa shape index (κ2) is 4.86. The summed E-state index contributed by atoms with van der Waals surface area (Å²) in [5, 5.41) is 0. The molecule has 1 aliphatic carbocycles. The van der Waals surface area contributed by atoms with Gasteiger partial charge < -0.3 is 0 Å². The molecule has 0 saturated carbocycles. The third-order valence-corrected chi connectivity index (χ3v) is 2.09. The number of allylic oxidation sites excluding steroid dienone is 2. The summed E-state index contributed by atoms with van der Waals surface area (Å²) < 4.78 is 0. The highest BCUT2D eigenvalue weighted by Crippen LogP contribution is 2.20. The summed E-state index contributed by atoms with van der Waals surface area (Å²) in [7, 11) is 0. The van der Waals surface area contributed by atoms with Crippen molar-refractivity contribution in [1.29, 1.82) is 0 Å². The van der Waals surface area contributed by atoms with Crippen LogP contribution >= 0.6 is 0 Å². The van der Waals surface area contributed by atoms with Crippen molar-refractivity contribution >= 4 is 6.08 Å². The Bertz CT molecular complexity index is 180. The van der Waals surface area contributed by atoms with E-state index < -0.39 is 0 Å². The quantitative estimate of drug-likeness (QED) is 0.345. The average Bonchev–Trinajstić information content (AvgIpc) is 2.07. The van der Waals surface area contributed by atoms with E-state index in [0.29, 0.717) is 6.54 Å². The molecule has 0 bridgehead atoms. The van der Waals surface area contributed by atoms with Crippen molar-refractivity contribution in [2.75, 3.05) is 6.54 Å². The molecule has 2 heteroatoms. The van der Waals surface area contributed by atoms with Crippen molar-refractivity contribution in [3.8, 4) is 0 Å². The topological polar surface area (TPSA) is 29.4 Å². The van der Waals surface area contributed by atoms with E-state index in [1.54, 1.807) is 6.08 Å². The third kappa shape index (κ3) is 3.15. The Kier molecular flexibility index (Phi) is 3.63. The molecule has 1 aliphatic rings. The predicted octanol–water partition coefficient (Wildman–Crippen LogP) is 2.07. The lowest BCUT2D eigenvalue weighted by molar-refractivity contribution is 0.451. The molecule has 0 spiro atoms. The van der Waals surface area contributed by atoms with Crippen LogP contribution < -0.4 is 0 Å². The molecular weight excluding hydrogens is 138 g/mol. The van der Waals surface area contributed by atoms with Gasteiger partial charge in [-0.05, 0) is 31.6 Å². The van der Waals surface area contributed by atoms with Crippen molar-refractivity contribution < 1.29 is 4.79 Å². The zero-order chi connectivity index (χ0) is 7.94. The Hall–Kier alpha value is -0.880. The molecule has 0 aliphatic heterocycles. The molecule has 0 aromatic heterocycles. The molecule has 1 atom stereocenters. The molecule has 11 heavy (non-hydrogen) atoms. The van der Waals surface area contributed by atoms with E-state index in [-0.39, 0.29) is 0 Å². The van der Waals surface area contributed by atoms with Gasteiger partial charge in [0.25, 0.3) is 0 Å². The normalized spacial score (nSPS) is 22.7. The number of hydrogen-bond donors (Lipinski definition) is 0. The summed E-state index contributed by atoms with van der Waals surface area (Å²) in [4.78, 5) is 13.3. The first kappa shape index (κ1) is 8.22. The standard InChI is InChI=1S/C9H13NO/c11-8-10-7-6-9-4-2-1-3-5-9/h1-2,9H,3-7H2. The fourth-order valence-electron chi connectivity index (χ4n) is 1.41. The van der Waals surface area contributed by atoms with Crippen LogP contribution in [0.2, 0.25) is 0 Å². The van der Waals surface area contributed by atoms with E-state index in [1.165, 1.54) is 12.8 Å². The zero-order valence-electron chi connectivity index (χ0n) is 6.62. The van der Waals surface area contributed by atoms with Crippen LogP contribution in [0.1, 0.15) is 25.7 Å². The maximum absolute atomic E-state index is 9.74. The number of carbonyl (C=O) groups excluding carboxylic acids is 1. The number of nitrogens with zero attached hydrogens (tertiary/aromatic N) is 1. The molecule has 0 saturated heterocycles. The first-order chi connectivity index (χ1) is 5.43. The summed E-state index contributed by atoms with van der Waals surface area (Å²) in [6.07, 6.45) is 10.7. The Labute approximate surface area is 67.0 Å². The maximum atomic E-state index is 9.74. The molecule has 0 aromatic rings. The maximum Gasteiger partial charge on any atom is 0.234 e. The van der Waals surface area contributed by atoms with Crippen LogP contribution in [0.5, 0.6) is 0 Å². The van der Waals surface area contributed by atoms with Gasteiger partial charge in [-0.25, -0.2) is 9.79 Å². The fraction of sp³-hybridized carbons (Fsp3) is 0.667. The molecule has 1 unspecified atom stereocenters. The number of aliphatic imine (C=N–C) groups is 1. The molecule has 2 nitrogen and oxygen atoms in total. The van der Waals surface area contributed by atoms with Gasteiger partial charge in [-0.1, -0.05) is 12.2 Å². The molecule has 0 amide bonds. The molecule has 60 valence electrons. The van der Waals surface area contributed by atoms with E-state index in [9.17, 15) is 4.79 Å². The monoisotopic (exact) mass is 151 g/mol. The van der Waals surface area contributed by atoms with Gasteiger partial charge in [-0.2, -0.15) is 0 Å². The second-order valence-electron chi connectivity index (χ2n) is 2.91. The Morgan fingerprint density at radius 3 is 3.09 bits per heavy atom. The Balaban J connectivity index is 2.16. The van der Waals surface area contributed by atoms with E-state index >= 15 is 0 Å². The van der Waals surface area contributed by atoms with Gasteiger partial charge in [0, 0.05) is 0 Å². The lowest BCUT2D eigenvalue weighted by atomic mass is 9.92. The molecule has 0 aromatic carbocycles. The van der Waals surface area contributed by atoms with E-state index in [1.807, 2.05) is 0 Å². The van der Waals surface area contributed by atoms with Crippen LogP contribution in [0.15, 0.2) is 17.1 Å². The average molecular weight is 151 g/mol. The van der Waals surface area contributed by atoms with E-state index in [2.05, 4.69) is 17.1 Å². The lowest BCUT2D eigenvalue weighted by Crippen LogP contribution is -2.03. The van der Waals surface area contributed by atoms with Crippen molar-refractivity contribution in [3.05, 3.63) is 12.2 Å². The minimum Gasteiger partial charge on any atom is -0.211 e. The number of rotatable bonds is 3. The van der Waals surface area contributed by atoms with E-state index in [4.69, 9.17) is 0 Å². The number of hydrogen-bond acceptors (Lipinski definition) is 2. The van der Waals surface area contributed by atoms with Gasteiger partial charge >= 0.3 is 0 Å². The molecular formula is C9H13NO. The molecule has 0 N–H and O–H groups in total. The lowest BCUT2D eigenvalue weighted by Gasteiger charge is -2.15. The van der Waals surface area contributed by atoms with Crippen molar-refractivity contribution in [2.24, 2.45) is 10.9 Å². The molecule has 0 fully saturated rings. The second-order valence-corrected chi connectivity index (χ2v) is 2.91. The highest BCUT2D eigenvalue weighted by atomic mass is 16.1. The van der Waals surface area contributed by atoms with E-state index in [0.717, 1.165) is 18.8 Å². The molecule has 0 radical (unpaired) electrons. The molecule has 1 rings (SSSR count). The summed E-state index contributed by atoms with van der Waals surface area (Å²) in [5.41, 5.74) is 0. The summed E-state index contributed by atoms with van der Waals surface area (Å²) >= 11 is 0. The third-order valence-electron chi connectivity index (χ3n) is 2.09. The largest absolute Gasteiger partial charge is 0.234 e. The summed E-state index contributed by atoms with van der Waals surface area (Å²) in [6, 6.07) is 0. The Morgan fingerprint density at radius 2 is 2.45 bits per heavy atom. The molecule has 0 heterocycles. The van der Waals surface area contributed by atoms with Gasteiger partial charge in [0.2, 0.25) is 6.08 Å². The smallest absolute Gasteiger partial charge is 0.211 e. The fourth-order valence-corrected chi connectivity index (χ4v) is 1.41. The minimum atomic E-state index is 0.655. The van der Waals surface area contributed by atoms with Gasteiger partial charge in [0.05, 0.1) is 6.54 Å². The van der Waals surface area contributed by atoms with Gasteiger partial charge in [0.1, 0.15) is 0 Å². The first-order valence-corrected chi connectivity index (χ1v) is 4.12. The van der Waals surface area contributed by atoms with Gasteiger partial charge in [-0.3, -0.25) is 0 Å². The highest BCUT2D eigenvalue weighted by molar-refractivity contribution is 5.32. The van der Waals surface area contributed by atoms with Gasteiger partial charge in [0.15, 0.2) is 0 Å². The van der Waals surface area contributed by atoms with Crippen molar-refractivity contribution in [1.82, 2.24) is 0 Å². The highest BCUT2D eigenvalue weighted by Gasteiger charge is 2.08. The zero-order valence-corrected chi connectivity index (χ0v) is 6.62.